The second-order valence-electron chi connectivity index (χ2n) is 12.2. The van der Waals surface area contributed by atoms with Gasteiger partial charge in [0, 0.05) is 10.7 Å². The molecule has 1 atom stereocenters. The number of imidazole rings is 1. The van der Waals surface area contributed by atoms with Gasteiger partial charge in [-0.05, 0) is 86.3 Å². The number of rotatable bonds is 8. The van der Waals surface area contributed by atoms with Crippen LogP contribution in [0.1, 0.15) is 34.1 Å². The van der Waals surface area contributed by atoms with E-state index < -0.39 is 11.6 Å². The standard InChI is InChI=1S/C34H28N2O2.C11H9BrO/c1-38-31-20-19-25-21-27(18-17-26(25)22-31)33(37)32-23-36(24-35-32)34(28-11-5-2-6-12-28,29-13-7-3-8-14-29)30-15-9-4-10-16-30;1-13-11-5-3-8-6-10(12)4-2-9(8)7-11/h2-24,33,37H,1H3;2-7H,1H3. The van der Waals surface area contributed by atoms with Gasteiger partial charge >= 0.3 is 0 Å². The summed E-state index contributed by atoms with van der Waals surface area (Å²) in [6.07, 6.45) is 2.93. The summed E-state index contributed by atoms with van der Waals surface area (Å²) in [6.45, 7) is 0. The lowest BCUT2D eigenvalue weighted by Crippen LogP contribution is -2.37. The minimum absolute atomic E-state index is 0.588. The van der Waals surface area contributed by atoms with Crippen LogP contribution < -0.4 is 9.47 Å². The number of nitrogens with zero attached hydrogens (tertiary/aromatic N) is 2. The van der Waals surface area contributed by atoms with Gasteiger partial charge in [0.05, 0.1) is 26.2 Å². The molecule has 0 radical (unpaired) electrons. The van der Waals surface area contributed by atoms with Crippen LogP contribution in [0.25, 0.3) is 21.5 Å². The molecule has 0 amide bonds. The van der Waals surface area contributed by atoms with Gasteiger partial charge in [-0.1, -0.05) is 137 Å². The van der Waals surface area contributed by atoms with Crippen LogP contribution in [0.2, 0.25) is 0 Å². The van der Waals surface area contributed by atoms with Crippen LogP contribution >= 0.6 is 15.9 Å². The zero-order chi connectivity index (χ0) is 35.2. The van der Waals surface area contributed by atoms with Crippen molar-refractivity contribution in [2.75, 3.05) is 14.2 Å². The molecule has 8 rings (SSSR count). The Hall–Kier alpha value is -5.69. The van der Waals surface area contributed by atoms with Gasteiger partial charge < -0.3 is 19.1 Å². The number of halogens is 1. The molecule has 51 heavy (non-hydrogen) atoms. The van der Waals surface area contributed by atoms with Crippen LogP contribution in [0.5, 0.6) is 11.5 Å². The minimum Gasteiger partial charge on any atom is -0.497 e. The highest BCUT2D eigenvalue weighted by Crippen LogP contribution is 2.41. The van der Waals surface area contributed by atoms with Gasteiger partial charge in [-0.3, -0.25) is 0 Å². The van der Waals surface area contributed by atoms with Gasteiger partial charge in [0.15, 0.2) is 0 Å². The molecular formula is C45H37BrN2O3. The van der Waals surface area contributed by atoms with Crippen molar-refractivity contribution in [1.82, 2.24) is 9.55 Å². The van der Waals surface area contributed by atoms with Crippen molar-refractivity contribution in [1.29, 1.82) is 0 Å². The Balaban J connectivity index is 0.000000262. The fourth-order valence-corrected chi connectivity index (χ4v) is 7.06. The van der Waals surface area contributed by atoms with E-state index in [1.165, 1.54) is 10.8 Å². The SMILES string of the molecule is COc1ccc2cc(Br)ccc2c1.COc1ccc2cc(C(O)c3cn(C(c4ccccc4)(c4ccccc4)c4ccccc4)cn3)ccc2c1. The normalized spacial score (nSPS) is 11.8. The largest absolute Gasteiger partial charge is 0.497 e. The summed E-state index contributed by atoms with van der Waals surface area (Å²) < 4.78 is 13.7. The van der Waals surface area contributed by atoms with E-state index in [1.807, 2.05) is 85.3 Å². The lowest BCUT2D eigenvalue weighted by Gasteiger charge is -2.37. The maximum absolute atomic E-state index is 11.4. The van der Waals surface area contributed by atoms with E-state index in [1.54, 1.807) is 14.2 Å². The third-order valence-corrected chi connectivity index (χ3v) is 9.73. The Morgan fingerprint density at radius 2 is 1.02 bits per heavy atom. The number of aromatic nitrogens is 2. The number of fused-ring (bicyclic) bond motifs is 2. The van der Waals surface area contributed by atoms with Crippen molar-refractivity contribution >= 4 is 37.5 Å². The van der Waals surface area contributed by atoms with Crippen LogP contribution in [-0.4, -0.2) is 28.9 Å². The van der Waals surface area contributed by atoms with E-state index in [9.17, 15) is 5.11 Å². The highest BCUT2D eigenvalue weighted by molar-refractivity contribution is 9.10. The number of aliphatic hydroxyl groups excluding tert-OH is 1. The Morgan fingerprint density at radius 1 is 0.569 bits per heavy atom. The van der Waals surface area contributed by atoms with Gasteiger partial charge in [-0.25, -0.2) is 4.98 Å². The summed E-state index contributed by atoms with van der Waals surface area (Å²) in [5, 5.41) is 16.0. The predicted octanol–water partition coefficient (Wildman–Crippen LogP) is 10.6. The summed E-state index contributed by atoms with van der Waals surface area (Å²) in [4.78, 5) is 4.74. The Bertz CT molecular complexity index is 2280. The first kappa shape index (κ1) is 33.8. The smallest absolute Gasteiger partial charge is 0.123 e. The van der Waals surface area contributed by atoms with E-state index in [0.29, 0.717) is 5.69 Å². The second-order valence-corrected chi connectivity index (χ2v) is 13.2. The molecule has 0 spiro atoms. The highest BCUT2D eigenvalue weighted by atomic mass is 79.9. The van der Waals surface area contributed by atoms with Gasteiger partial charge in [-0.2, -0.15) is 0 Å². The third-order valence-electron chi connectivity index (χ3n) is 9.24. The number of aliphatic hydroxyl groups is 1. The molecule has 0 aliphatic heterocycles. The lowest BCUT2D eigenvalue weighted by molar-refractivity contribution is 0.216. The molecule has 1 aromatic heterocycles. The van der Waals surface area contributed by atoms with E-state index in [4.69, 9.17) is 14.5 Å². The fourth-order valence-electron chi connectivity index (χ4n) is 6.68. The maximum Gasteiger partial charge on any atom is 0.123 e. The third kappa shape index (κ3) is 6.89. The van der Waals surface area contributed by atoms with Crippen molar-refractivity contribution in [3.05, 3.63) is 209 Å². The first-order valence-corrected chi connectivity index (χ1v) is 17.5. The zero-order valence-corrected chi connectivity index (χ0v) is 29.9. The van der Waals surface area contributed by atoms with E-state index in [0.717, 1.165) is 49.0 Å². The van der Waals surface area contributed by atoms with Gasteiger partial charge in [-0.15, -0.1) is 0 Å². The monoisotopic (exact) mass is 732 g/mol. The lowest BCUT2D eigenvalue weighted by atomic mass is 9.77. The summed E-state index contributed by atoms with van der Waals surface area (Å²) in [7, 11) is 3.34. The summed E-state index contributed by atoms with van der Waals surface area (Å²) >= 11 is 3.44. The van der Waals surface area contributed by atoms with Gasteiger partial charge in [0.2, 0.25) is 0 Å². The summed E-state index contributed by atoms with van der Waals surface area (Å²) in [6, 6.07) is 55.5. The zero-order valence-electron chi connectivity index (χ0n) is 28.4. The molecule has 0 saturated heterocycles. The van der Waals surface area contributed by atoms with Crippen LogP contribution in [0.15, 0.2) is 181 Å². The molecule has 8 aromatic rings. The molecule has 7 aromatic carbocycles. The minimum atomic E-state index is -0.872. The average Bonchev–Trinajstić information content (AvgIpc) is 3.69. The second kappa shape index (κ2) is 15.1. The van der Waals surface area contributed by atoms with Crippen molar-refractivity contribution < 1.29 is 14.6 Å². The van der Waals surface area contributed by atoms with Crippen molar-refractivity contribution in [2.45, 2.75) is 11.6 Å². The molecule has 0 bridgehead atoms. The molecule has 0 fully saturated rings. The molecule has 5 nitrogen and oxygen atoms in total. The van der Waals surface area contributed by atoms with Crippen LogP contribution in [-0.2, 0) is 5.54 Å². The molecule has 1 heterocycles. The summed E-state index contributed by atoms with van der Waals surface area (Å²) in [5.41, 5.74) is 4.03. The topological polar surface area (TPSA) is 56.5 Å². The number of benzene rings is 7. The molecule has 6 heteroatoms. The van der Waals surface area contributed by atoms with Crippen LogP contribution in [0.4, 0.5) is 0 Å². The Labute approximate surface area is 306 Å². The molecular weight excluding hydrogens is 696 g/mol. The predicted molar refractivity (Wildman–Crippen MR) is 210 cm³/mol. The molecule has 252 valence electrons. The highest BCUT2D eigenvalue weighted by Gasteiger charge is 2.38. The molecule has 0 saturated carbocycles. The fraction of sp³-hybridized carbons (Fsp3) is 0.0889. The Kier molecular flexibility index (Phi) is 9.97. The molecule has 1 unspecified atom stereocenters. The first-order valence-electron chi connectivity index (χ1n) is 16.7. The Morgan fingerprint density at radius 3 is 1.53 bits per heavy atom. The molecule has 0 aliphatic rings. The van der Waals surface area contributed by atoms with Gasteiger partial charge in [0.25, 0.3) is 0 Å². The maximum atomic E-state index is 11.4. The first-order chi connectivity index (χ1) is 25.0. The van der Waals surface area contributed by atoms with E-state index >= 15 is 0 Å². The number of ether oxygens (including phenoxy) is 2. The number of hydrogen-bond donors (Lipinski definition) is 1. The number of methoxy groups -OCH3 is 2. The van der Waals surface area contributed by atoms with Crippen LogP contribution in [0.3, 0.4) is 0 Å². The molecule has 1 N–H and O–H groups in total. The van der Waals surface area contributed by atoms with Crippen molar-refractivity contribution in [2.24, 2.45) is 0 Å². The summed E-state index contributed by atoms with van der Waals surface area (Å²) in [5.74, 6) is 1.71. The van der Waals surface area contributed by atoms with Crippen LogP contribution in [0, 0.1) is 0 Å². The van der Waals surface area contributed by atoms with E-state index in [2.05, 4.69) is 111 Å². The molecule has 0 aliphatic carbocycles. The van der Waals surface area contributed by atoms with Gasteiger partial charge in [0.1, 0.15) is 23.1 Å². The van der Waals surface area contributed by atoms with E-state index in [-0.39, 0.29) is 0 Å². The van der Waals surface area contributed by atoms with Crippen molar-refractivity contribution in [3.63, 3.8) is 0 Å². The quantitative estimate of drug-likeness (QED) is 0.158. The number of hydrogen-bond acceptors (Lipinski definition) is 4. The van der Waals surface area contributed by atoms with Crippen molar-refractivity contribution in [3.8, 4) is 11.5 Å². The average molecular weight is 734 g/mol.